The molecule has 1 aromatic heterocycles. The first-order valence-corrected chi connectivity index (χ1v) is 8.29. The highest BCUT2D eigenvalue weighted by Gasteiger charge is 2.36. The van der Waals surface area contributed by atoms with Crippen LogP contribution < -0.4 is 10.0 Å². The lowest BCUT2D eigenvalue weighted by Crippen LogP contribution is -2.28. The van der Waals surface area contributed by atoms with E-state index in [4.69, 9.17) is 5.14 Å². The van der Waals surface area contributed by atoms with Crippen LogP contribution in [-0.4, -0.2) is 36.5 Å². The predicted octanol–water partition coefficient (Wildman–Crippen LogP) is 0.394. The van der Waals surface area contributed by atoms with E-state index in [1.54, 1.807) is 0 Å². The van der Waals surface area contributed by atoms with Gasteiger partial charge in [-0.05, 0) is 15.9 Å². The molecule has 114 valence electrons. The number of hydrogen-bond acceptors (Lipinski definition) is 6. The fourth-order valence-corrected chi connectivity index (χ4v) is 3.39. The molecule has 1 atom stereocenters. The van der Waals surface area contributed by atoms with Gasteiger partial charge in [0.15, 0.2) is 0 Å². The summed E-state index contributed by atoms with van der Waals surface area (Å²) in [5.74, 6) is -1.36. The molecule has 1 fully saturated rings. The summed E-state index contributed by atoms with van der Waals surface area (Å²) in [6.07, 6.45) is 1.30. The molecule has 2 rings (SSSR count). The Kier molecular flexibility index (Phi) is 4.25. The number of nitrogens with zero attached hydrogens (tertiary/aromatic N) is 3. The van der Waals surface area contributed by atoms with Crippen molar-refractivity contribution in [3.8, 4) is 0 Å². The number of rotatable bonds is 4. The number of aromatic nitrogens is 1. The van der Waals surface area contributed by atoms with Gasteiger partial charge in [0.05, 0.1) is 10.7 Å². The monoisotopic (exact) mass is 378 g/mol. The second-order valence-electron chi connectivity index (χ2n) is 4.66. The molecule has 1 amide bonds. The molecule has 0 saturated carbocycles. The molecular weight excluding hydrogens is 368 g/mol. The molecule has 1 aliphatic rings. The summed E-state index contributed by atoms with van der Waals surface area (Å²) in [4.78, 5) is 27.4. The summed E-state index contributed by atoms with van der Waals surface area (Å²) in [6, 6.07) is 1.24. The number of nitrogens with two attached hydrogens (primary N) is 1. The van der Waals surface area contributed by atoms with Crippen molar-refractivity contribution in [1.82, 2.24) is 4.98 Å². The molecule has 2 N–H and O–H groups in total. The second kappa shape index (κ2) is 5.66. The topological polar surface area (TPSA) is 136 Å². The van der Waals surface area contributed by atoms with Gasteiger partial charge in [-0.3, -0.25) is 19.8 Å². The molecule has 0 radical (unpaired) electrons. The van der Waals surface area contributed by atoms with Crippen LogP contribution >= 0.6 is 15.9 Å². The average molecular weight is 379 g/mol. The average Bonchev–Trinajstić information content (AvgIpc) is 2.67. The number of hydrogen-bond donors (Lipinski definition) is 1. The van der Waals surface area contributed by atoms with Gasteiger partial charge in [-0.25, -0.2) is 18.5 Å². The minimum atomic E-state index is -3.71. The van der Waals surface area contributed by atoms with E-state index in [-0.39, 0.29) is 30.2 Å². The first-order chi connectivity index (χ1) is 9.67. The lowest BCUT2D eigenvalue weighted by Gasteiger charge is -2.15. The molecule has 0 spiro atoms. The second-order valence-corrected chi connectivity index (χ2v) is 7.23. The van der Waals surface area contributed by atoms with E-state index < -0.39 is 26.8 Å². The molecule has 1 aliphatic heterocycles. The Bertz CT molecular complexity index is 707. The van der Waals surface area contributed by atoms with E-state index in [0.717, 1.165) is 4.90 Å². The van der Waals surface area contributed by atoms with Crippen LogP contribution in [0.25, 0.3) is 0 Å². The predicted molar refractivity (Wildman–Crippen MR) is 77.0 cm³/mol. The smallest absolute Gasteiger partial charge is 0.291 e. The van der Waals surface area contributed by atoms with Crippen LogP contribution in [0.2, 0.25) is 0 Å². The molecule has 9 nitrogen and oxygen atoms in total. The van der Waals surface area contributed by atoms with Gasteiger partial charge in [-0.15, -0.1) is 0 Å². The summed E-state index contributed by atoms with van der Waals surface area (Å²) in [6.45, 7) is 0.0325. The summed E-state index contributed by atoms with van der Waals surface area (Å²) < 4.78 is 22.6. The van der Waals surface area contributed by atoms with E-state index in [1.165, 1.54) is 12.3 Å². The summed E-state index contributed by atoms with van der Waals surface area (Å²) in [5, 5.41) is 16.0. The number of carbonyl (C=O) groups is 1. The quantitative estimate of drug-likeness (QED) is 0.594. The van der Waals surface area contributed by atoms with Gasteiger partial charge in [0.25, 0.3) is 0 Å². The van der Waals surface area contributed by atoms with E-state index >= 15 is 0 Å². The van der Waals surface area contributed by atoms with Crippen molar-refractivity contribution in [1.29, 1.82) is 0 Å². The van der Waals surface area contributed by atoms with Crippen LogP contribution in [0.4, 0.5) is 11.5 Å². The Morgan fingerprint density at radius 2 is 2.24 bits per heavy atom. The highest BCUT2D eigenvalue weighted by atomic mass is 79.9. The van der Waals surface area contributed by atoms with Crippen LogP contribution in [0.5, 0.6) is 0 Å². The third-order valence-corrected chi connectivity index (χ3v) is 4.31. The SMILES string of the molecule is NS(=O)(=O)CC1CC(=O)N(c2ncc(Br)cc2[N+](=O)[O-])C1. The van der Waals surface area contributed by atoms with Gasteiger partial charge in [-0.1, -0.05) is 0 Å². The van der Waals surface area contributed by atoms with E-state index in [9.17, 15) is 23.3 Å². The number of nitro groups is 1. The third-order valence-electron chi connectivity index (χ3n) is 2.94. The largest absolute Gasteiger partial charge is 0.313 e. The molecule has 0 aromatic carbocycles. The third kappa shape index (κ3) is 3.74. The van der Waals surface area contributed by atoms with Crippen LogP contribution in [-0.2, 0) is 14.8 Å². The number of primary sulfonamides is 1. The highest BCUT2D eigenvalue weighted by Crippen LogP contribution is 2.32. The minimum absolute atomic E-state index is 0.0325. The lowest BCUT2D eigenvalue weighted by atomic mass is 10.1. The van der Waals surface area contributed by atoms with Crippen molar-refractivity contribution < 1.29 is 18.1 Å². The van der Waals surface area contributed by atoms with Crippen molar-refractivity contribution in [2.24, 2.45) is 11.1 Å². The summed E-state index contributed by atoms with van der Waals surface area (Å²) >= 11 is 3.07. The van der Waals surface area contributed by atoms with Crippen molar-refractivity contribution in [3.05, 3.63) is 26.9 Å². The number of carbonyl (C=O) groups excluding carboxylic acids is 1. The first kappa shape index (κ1) is 15.8. The summed E-state index contributed by atoms with van der Waals surface area (Å²) in [5.41, 5.74) is -0.325. The molecule has 11 heteroatoms. The number of anilines is 1. The van der Waals surface area contributed by atoms with Crippen molar-refractivity contribution in [3.63, 3.8) is 0 Å². The van der Waals surface area contributed by atoms with Gasteiger partial charge < -0.3 is 0 Å². The zero-order chi connectivity index (χ0) is 15.8. The number of amides is 1. The number of sulfonamides is 1. The summed E-state index contributed by atoms with van der Waals surface area (Å²) in [7, 11) is -3.71. The van der Waals surface area contributed by atoms with Gasteiger partial charge >= 0.3 is 5.69 Å². The van der Waals surface area contributed by atoms with Crippen LogP contribution in [0.15, 0.2) is 16.7 Å². The Morgan fingerprint density at radius 3 is 2.81 bits per heavy atom. The van der Waals surface area contributed by atoms with Crippen molar-refractivity contribution in [2.45, 2.75) is 6.42 Å². The lowest BCUT2D eigenvalue weighted by molar-refractivity contribution is -0.384. The standard InChI is InChI=1S/C10H11BrN4O5S/c11-7-2-8(15(17)18)10(13-3-7)14-4-6(1-9(14)16)5-21(12,19)20/h2-3,6H,1,4-5H2,(H2,12,19,20). The van der Waals surface area contributed by atoms with Crippen molar-refractivity contribution in [2.75, 3.05) is 17.2 Å². The number of pyridine rings is 1. The highest BCUT2D eigenvalue weighted by molar-refractivity contribution is 9.10. The number of halogens is 1. The van der Waals surface area contributed by atoms with E-state index in [0.29, 0.717) is 4.47 Å². The fraction of sp³-hybridized carbons (Fsp3) is 0.400. The molecular formula is C10H11BrN4O5S. The van der Waals surface area contributed by atoms with Crippen molar-refractivity contribution >= 4 is 43.4 Å². The maximum Gasteiger partial charge on any atom is 0.313 e. The Labute approximate surface area is 128 Å². The molecule has 1 saturated heterocycles. The van der Waals surface area contributed by atoms with Crippen LogP contribution in [0.3, 0.4) is 0 Å². The Morgan fingerprint density at radius 1 is 1.57 bits per heavy atom. The molecule has 1 unspecified atom stereocenters. The maximum atomic E-state index is 11.9. The molecule has 1 aromatic rings. The first-order valence-electron chi connectivity index (χ1n) is 5.78. The van der Waals surface area contributed by atoms with Crippen LogP contribution in [0.1, 0.15) is 6.42 Å². The van der Waals surface area contributed by atoms with Gasteiger partial charge in [-0.2, -0.15) is 0 Å². The normalized spacial score (nSPS) is 19.0. The van der Waals surface area contributed by atoms with Gasteiger partial charge in [0.1, 0.15) is 0 Å². The minimum Gasteiger partial charge on any atom is -0.291 e. The zero-order valence-electron chi connectivity index (χ0n) is 10.6. The zero-order valence-corrected chi connectivity index (χ0v) is 13.0. The van der Waals surface area contributed by atoms with Crippen LogP contribution in [0, 0.1) is 16.0 Å². The molecule has 0 bridgehead atoms. The maximum absolute atomic E-state index is 11.9. The molecule has 0 aliphatic carbocycles. The molecule has 2 heterocycles. The Balaban J connectivity index is 2.31. The Hall–Kier alpha value is -1.59. The van der Waals surface area contributed by atoms with E-state index in [1.807, 2.05) is 0 Å². The molecule has 21 heavy (non-hydrogen) atoms. The van der Waals surface area contributed by atoms with Gasteiger partial charge in [0.2, 0.25) is 21.7 Å². The van der Waals surface area contributed by atoms with Gasteiger partial charge in [0, 0.05) is 35.6 Å². The fourth-order valence-electron chi connectivity index (χ4n) is 2.19. The van der Waals surface area contributed by atoms with E-state index in [2.05, 4.69) is 20.9 Å².